The second-order valence-electron chi connectivity index (χ2n) is 3.91. The third-order valence-corrected chi connectivity index (χ3v) is 4.40. The molecule has 1 unspecified atom stereocenters. The van der Waals surface area contributed by atoms with Gasteiger partial charge < -0.3 is 5.73 Å². The Morgan fingerprint density at radius 2 is 1.89 bits per heavy atom. The Morgan fingerprint density at radius 1 is 1.17 bits per heavy atom. The molecular weight excluding hydrogens is 264 g/mol. The van der Waals surface area contributed by atoms with Crippen molar-refractivity contribution >= 4 is 23.4 Å². The van der Waals surface area contributed by atoms with Gasteiger partial charge in [-0.25, -0.2) is 0 Å². The Labute approximate surface area is 117 Å². The lowest BCUT2D eigenvalue weighted by atomic mass is 10.2. The fraction of sp³-hybridized carbons (Fsp3) is 0.214. The predicted molar refractivity (Wildman–Crippen MR) is 78.8 cm³/mol. The van der Waals surface area contributed by atoms with Crippen molar-refractivity contribution in [3.8, 4) is 0 Å². The van der Waals surface area contributed by atoms with Gasteiger partial charge in [-0.3, -0.25) is 4.98 Å². The molecule has 1 atom stereocenters. The lowest BCUT2D eigenvalue weighted by Gasteiger charge is -2.15. The van der Waals surface area contributed by atoms with Crippen LogP contribution in [0, 0.1) is 0 Å². The third kappa shape index (κ3) is 3.48. The predicted octanol–water partition coefficient (Wildman–Crippen LogP) is 3.67. The van der Waals surface area contributed by atoms with Crippen molar-refractivity contribution in [2.75, 3.05) is 6.54 Å². The van der Waals surface area contributed by atoms with Crippen molar-refractivity contribution in [1.29, 1.82) is 0 Å². The van der Waals surface area contributed by atoms with E-state index < -0.39 is 0 Å². The lowest BCUT2D eigenvalue weighted by Crippen LogP contribution is -2.09. The second-order valence-corrected chi connectivity index (χ2v) is 5.51. The Hall–Kier alpha value is -1.03. The monoisotopic (exact) mass is 278 g/mol. The Kier molecular flexibility index (Phi) is 5.05. The van der Waals surface area contributed by atoms with E-state index in [1.54, 1.807) is 24.2 Å². The number of thioether (sulfide) groups is 1. The molecular formula is C14H15ClN2S. The van der Waals surface area contributed by atoms with Gasteiger partial charge in [0.25, 0.3) is 0 Å². The van der Waals surface area contributed by atoms with E-state index in [-0.39, 0.29) is 5.25 Å². The van der Waals surface area contributed by atoms with E-state index in [0.717, 1.165) is 16.3 Å². The summed E-state index contributed by atoms with van der Waals surface area (Å²) in [4.78, 5) is 4.02. The zero-order chi connectivity index (χ0) is 12.8. The summed E-state index contributed by atoms with van der Waals surface area (Å²) in [5.41, 5.74) is 8.20. The fourth-order valence-electron chi connectivity index (χ4n) is 1.68. The van der Waals surface area contributed by atoms with Crippen LogP contribution in [-0.4, -0.2) is 11.5 Å². The van der Waals surface area contributed by atoms with E-state index in [1.165, 1.54) is 5.56 Å². The van der Waals surface area contributed by atoms with Crippen molar-refractivity contribution in [2.45, 2.75) is 11.0 Å². The number of nitrogens with two attached hydrogens (primary N) is 1. The number of hydrogen-bond acceptors (Lipinski definition) is 3. The summed E-state index contributed by atoms with van der Waals surface area (Å²) in [5, 5.41) is 1.10. The van der Waals surface area contributed by atoms with E-state index in [9.17, 15) is 0 Å². The van der Waals surface area contributed by atoms with Crippen molar-refractivity contribution in [2.24, 2.45) is 5.73 Å². The zero-order valence-corrected chi connectivity index (χ0v) is 11.5. The normalized spacial score (nSPS) is 12.3. The van der Waals surface area contributed by atoms with Crippen molar-refractivity contribution < 1.29 is 0 Å². The quantitative estimate of drug-likeness (QED) is 0.907. The summed E-state index contributed by atoms with van der Waals surface area (Å²) in [6.45, 7) is 0.610. The minimum atomic E-state index is 0.282. The van der Waals surface area contributed by atoms with Crippen LogP contribution in [-0.2, 0) is 5.75 Å². The smallest absolute Gasteiger partial charge is 0.0446 e. The van der Waals surface area contributed by atoms with E-state index in [0.29, 0.717) is 6.54 Å². The van der Waals surface area contributed by atoms with Crippen molar-refractivity contribution in [3.63, 3.8) is 0 Å². The minimum Gasteiger partial charge on any atom is -0.329 e. The van der Waals surface area contributed by atoms with Crippen molar-refractivity contribution in [3.05, 3.63) is 64.9 Å². The molecule has 0 amide bonds. The van der Waals surface area contributed by atoms with Crippen LogP contribution in [0.25, 0.3) is 0 Å². The van der Waals surface area contributed by atoms with Gasteiger partial charge in [0.1, 0.15) is 0 Å². The molecule has 0 saturated carbocycles. The molecule has 2 aromatic rings. The van der Waals surface area contributed by atoms with Gasteiger partial charge in [0.2, 0.25) is 0 Å². The molecule has 0 bridgehead atoms. The lowest BCUT2D eigenvalue weighted by molar-refractivity contribution is 0.936. The van der Waals surface area contributed by atoms with Gasteiger partial charge in [-0.1, -0.05) is 29.8 Å². The summed E-state index contributed by atoms with van der Waals surface area (Å²) in [6, 6.07) is 11.9. The molecule has 2 nitrogen and oxygen atoms in total. The van der Waals surface area contributed by atoms with E-state index in [4.69, 9.17) is 17.3 Å². The van der Waals surface area contributed by atoms with Crippen LogP contribution in [0.4, 0.5) is 0 Å². The van der Waals surface area contributed by atoms with Crippen LogP contribution in [0.1, 0.15) is 16.4 Å². The molecule has 0 spiro atoms. The van der Waals surface area contributed by atoms with Gasteiger partial charge in [-0.2, -0.15) is 0 Å². The first-order valence-electron chi connectivity index (χ1n) is 5.76. The van der Waals surface area contributed by atoms with Crippen LogP contribution >= 0.6 is 23.4 Å². The first kappa shape index (κ1) is 13.4. The maximum Gasteiger partial charge on any atom is 0.0446 e. The Morgan fingerprint density at radius 3 is 2.56 bits per heavy atom. The number of nitrogens with zero attached hydrogens (tertiary/aromatic N) is 1. The van der Waals surface area contributed by atoms with Gasteiger partial charge >= 0.3 is 0 Å². The summed E-state index contributed by atoms with van der Waals surface area (Å²) in [5.74, 6) is 0.865. The highest BCUT2D eigenvalue weighted by atomic mass is 35.5. The van der Waals surface area contributed by atoms with Gasteiger partial charge in [-0.15, -0.1) is 11.8 Å². The largest absolute Gasteiger partial charge is 0.329 e. The number of hydrogen-bond donors (Lipinski definition) is 1. The number of benzene rings is 1. The summed E-state index contributed by atoms with van der Waals surface area (Å²) < 4.78 is 0. The molecule has 0 saturated heterocycles. The standard InChI is InChI=1S/C14H15ClN2S/c15-13-4-2-1-3-12(13)10-18-14(9-16)11-5-7-17-8-6-11/h1-8,14H,9-10,16H2. The molecule has 18 heavy (non-hydrogen) atoms. The highest BCUT2D eigenvalue weighted by Crippen LogP contribution is 2.32. The molecule has 1 heterocycles. The highest BCUT2D eigenvalue weighted by molar-refractivity contribution is 7.98. The third-order valence-electron chi connectivity index (χ3n) is 2.69. The number of aromatic nitrogens is 1. The average molecular weight is 279 g/mol. The molecule has 1 aromatic heterocycles. The van der Waals surface area contributed by atoms with Gasteiger partial charge in [-0.05, 0) is 29.3 Å². The van der Waals surface area contributed by atoms with Crippen LogP contribution in [0.3, 0.4) is 0 Å². The topological polar surface area (TPSA) is 38.9 Å². The molecule has 94 valence electrons. The summed E-state index contributed by atoms with van der Waals surface area (Å²) in [7, 11) is 0. The second kappa shape index (κ2) is 6.78. The molecule has 1 aromatic carbocycles. The van der Waals surface area contributed by atoms with Gasteiger partial charge in [0.05, 0.1) is 0 Å². The Bertz CT molecular complexity index is 490. The molecule has 0 fully saturated rings. The maximum absolute atomic E-state index is 6.14. The van der Waals surface area contributed by atoms with Crippen molar-refractivity contribution in [1.82, 2.24) is 4.98 Å². The number of pyridine rings is 1. The molecule has 0 aliphatic rings. The molecule has 2 N–H and O–H groups in total. The first-order valence-corrected chi connectivity index (χ1v) is 7.19. The summed E-state index contributed by atoms with van der Waals surface area (Å²) >= 11 is 7.95. The van der Waals surface area contributed by atoms with E-state index >= 15 is 0 Å². The van der Waals surface area contributed by atoms with E-state index in [2.05, 4.69) is 11.1 Å². The molecule has 0 aliphatic carbocycles. The van der Waals surface area contributed by atoms with Crippen LogP contribution in [0.5, 0.6) is 0 Å². The fourth-order valence-corrected chi connectivity index (χ4v) is 3.08. The van der Waals surface area contributed by atoms with Gasteiger partial charge in [0, 0.05) is 35.0 Å². The first-order chi connectivity index (χ1) is 8.81. The highest BCUT2D eigenvalue weighted by Gasteiger charge is 2.10. The van der Waals surface area contributed by atoms with Crippen LogP contribution in [0.15, 0.2) is 48.8 Å². The van der Waals surface area contributed by atoms with E-state index in [1.807, 2.05) is 30.3 Å². The molecule has 2 rings (SSSR count). The molecule has 0 radical (unpaired) electrons. The Balaban J connectivity index is 2.02. The van der Waals surface area contributed by atoms with Crippen LogP contribution in [0.2, 0.25) is 5.02 Å². The molecule has 4 heteroatoms. The molecule has 0 aliphatic heterocycles. The van der Waals surface area contributed by atoms with Gasteiger partial charge in [0.15, 0.2) is 0 Å². The maximum atomic E-state index is 6.14. The average Bonchev–Trinajstić information content (AvgIpc) is 2.42. The zero-order valence-electron chi connectivity index (χ0n) is 9.92. The number of rotatable bonds is 5. The minimum absolute atomic E-state index is 0.282. The summed E-state index contributed by atoms with van der Waals surface area (Å²) in [6.07, 6.45) is 3.60. The number of halogens is 1. The van der Waals surface area contributed by atoms with Crippen LogP contribution < -0.4 is 5.73 Å². The SMILES string of the molecule is NCC(SCc1ccccc1Cl)c1ccncc1.